The topological polar surface area (TPSA) is 389 Å². The van der Waals surface area contributed by atoms with Gasteiger partial charge in [-0.15, -0.1) is 20.4 Å². The number of carboxylic acids is 1. The number of nitrogens with two attached hydrogens (primary N) is 4. The molecule has 398 valence electrons. The Balaban J connectivity index is 0.000000160. The summed E-state index contributed by atoms with van der Waals surface area (Å²) >= 11 is 9.30. The summed E-state index contributed by atoms with van der Waals surface area (Å²) in [6, 6.07) is 34.7. The van der Waals surface area contributed by atoms with Gasteiger partial charge < -0.3 is 47.1 Å². The Kier molecular flexibility index (Phi) is 19.3. The van der Waals surface area contributed by atoms with E-state index < -0.39 is 11.9 Å². The van der Waals surface area contributed by atoms with Gasteiger partial charge in [-0.25, -0.2) is 44.7 Å². The van der Waals surface area contributed by atoms with Crippen LogP contribution < -0.4 is 28.3 Å². The van der Waals surface area contributed by atoms with Gasteiger partial charge in [-0.1, -0.05) is 78.9 Å². The van der Waals surface area contributed by atoms with Gasteiger partial charge >= 0.3 is 5.97 Å². The van der Waals surface area contributed by atoms with Crippen molar-refractivity contribution in [2.75, 3.05) is 43.6 Å². The third-order valence-electron chi connectivity index (χ3n) is 10.2. The number of benzene rings is 4. The molecule has 0 bridgehead atoms. The van der Waals surface area contributed by atoms with Crippen LogP contribution in [0, 0.1) is 0 Å². The molecule has 0 saturated heterocycles. The maximum atomic E-state index is 12.0. The van der Waals surface area contributed by atoms with Crippen LogP contribution in [0.4, 0.5) is 23.3 Å². The molecule has 0 aliphatic carbocycles. The summed E-state index contributed by atoms with van der Waals surface area (Å²) in [5.41, 5.74) is 27.1. The number of carboxylic acid groups (broad SMARTS) is 1. The Hall–Kier alpha value is -9.80. The summed E-state index contributed by atoms with van der Waals surface area (Å²) < 4.78 is 12.6. The number of Topliss-reactive ketones (excluding diaryl/α,β-unsaturated/α-hetero) is 1. The normalized spacial score (nSPS) is 10.3. The third-order valence-corrected chi connectivity index (χ3v) is 11.3. The van der Waals surface area contributed by atoms with Crippen LogP contribution in [0.15, 0.2) is 163 Å². The highest BCUT2D eigenvalue weighted by Crippen LogP contribution is 2.29. The van der Waals surface area contributed by atoms with E-state index in [1.54, 1.807) is 56.7 Å². The van der Waals surface area contributed by atoms with Gasteiger partial charge in [0, 0.05) is 41.9 Å². The molecule has 10 N–H and O–H groups in total. The molecule has 0 saturated carbocycles. The lowest BCUT2D eigenvalue weighted by atomic mass is 10.1. The van der Waals surface area contributed by atoms with Crippen LogP contribution in [0.5, 0.6) is 0 Å². The number of ketones is 1. The van der Waals surface area contributed by atoms with Gasteiger partial charge in [-0.2, -0.15) is 0 Å². The SMILES string of the molecule is CN(C)C(=O)c1ccc(-c2cnc(N)c(-c3nnc(-c4ccccc4)o3)n2)cc1.Nc1ncc(Br)nc1-c1nnc(-c2ccccc2)o1.Nc1ncc(Br)nc1C(=O)NCC(=O)c1ccccc1.Nc1ncc(Br)nc1C(=O)O. The van der Waals surface area contributed by atoms with Crippen LogP contribution in [0.2, 0.25) is 0 Å². The molecule has 0 spiro atoms. The molecule has 0 radical (unpaired) electrons. The summed E-state index contributed by atoms with van der Waals surface area (Å²) in [4.78, 5) is 79.5. The molecule has 6 heterocycles. The van der Waals surface area contributed by atoms with E-state index in [1.165, 1.54) is 23.5 Å². The molecular formula is C51H41Br3N18O7. The molecule has 0 aliphatic heterocycles. The summed E-state index contributed by atoms with van der Waals surface area (Å²) in [7, 11) is 3.42. The average Bonchev–Trinajstić information content (AvgIpc) is 4.21. The second-order valence-corrected chi connectivity index (χ2v) is 18.3. The van der Waals surface area contributed by atoms with E-state index in [2.05, 4.69) is 113 Å². The summed E-state index contributed by atoms with van der Waals surface area (Å²) in [6.45, 7) is -0.128. The number of hydrogen-bond donors (Lipinski definition) is 6. The van der Waals surface area contributed by atoms with Crippen molar-refractivity contribution in [1.29, 1.82) is 0 Å². The maximum Gasteiger partial charge on any atom is 0.358 e. The number of nitrogen functional groups attached to an aromatic ring is 4. The number of rotatable bonds is 11. The van der Waals surface area contributed by atoms with Crippen molar-refractivity contribution in [2.24, 2.45) is 0 Å². The Labute approximate surface area is 472 Å². The van der Waals surface area contributed by atoms with Crippen LogP contribution in [-0.2, 0) is 0 Å². The summed E-state index contributed by atoms with van der Waals surface area (Å²) in [5.74, 6) is -0.408. The van der Waals surface area contributed by atoms with Crippen molar-refractivity contribution >= 4 is 94.6 Å². The predicted molar refractivity (Wildman–Crippen MR) is 300 cm³/mol. The molecule has 10 rings (SSSR count). The van der Waals surface area contributed by atoms with Gasteiger partial charge in [-0.3, -0.25) is 14.4 Å². The number of aromatic carboxylic acids is 1. The van der Waals surface area contributed by atoms with Crippen molar-refractivity contribution in [3.63, 3.8) is 0 Å². The van der Waals surface area contributed by atoms with E-state index in [-0.39, 0.29) is 64.7 Å². The Morgan fingerprint density at radius 3 is 1.43 bits per heavy atom. The van der Waals surface area contributed by atoms with E-state index in [0.717, 1.165) is 16.7 Å². The van der Waals surface area contributed by atoms with Crippen molar-refractivity contribution < 1.29 is 33.1 Å². The van der Waals surface area contributed by atoms with E-state index in [0.29, 0.717) is 53.8 Å². The average molecular weight is 1260 g/mol. The van der Waals surface area contributed by atoms with Gasteiger partial charge in [-0.05, 0) is 84.2 Å². The highest BCUT2D eigenvalue weighted by molar-refractivity contribution is 9.11. The summed E-state index contributed by atoms with van der Waals surface area (Å²) in [6.07, 6.45) is 5.80. The van der Waals surface area contributed by atoms with Crippen LogP contribution in [0.25, 0.3) is 57.3 Å². The lowest BCUT2D eigenvalue weighted by Crippen LogP contribution is -2.31. The minimum Gasteiger partial charge on any atom is -0.476 e. The number of amides is 2. The van der Waals surface area contributed by atoms with E-state index in [4.69, 9.17) is 36.9 Å². The van der Waals surface area contributed by atoms with Gasteiger partial charge in [0.2, 0.25) is 11.8 Å². The van der Waals surface area contributed by atoms with Gasteiger partial charge in [0.1, 0.15) is 13.8 Å². The van der Waals surface area contributed by atoms with Crippen LogP contribution in [-0.4, -0.2) is 114 Å². The van der Waals surface area contributed by atoms with Crippen molar-refractivity contribution in [3.8, 4) is 57.3 Å². The fraction of sp³-hybridized carbons (Fsp3) is 0.0588. The lowest BCUT2D eigenvalue weighted by Gasteiger charge is -2.10. The second-order valence-electron chi connectivity index (χ2n) is 15.9. The van der Waals surface area contributed by atoms with Crippen molar-refractivity contribution in [3.05, 3.63) is 176 Å². The Morgan fingerprint density at radius 2 is 0.937 bits per heavy atom. The zero-order valence-electron chi connectivity index (χ0n) is 41.1. The van der Waals surface area contributed by atoms with Crippen LogP contribution in [0.3, 0.4) is 0 Å². The van der Waals surface area contributed by atoms with Crippen LogP contribution >= 0.6 is 47.8 Å². The third kappa shape index (κ3) is 15.4. The number of aromatic nitrogens is 12. The molecule has 4 aromatic carbocycles. The van der Waals surface area contributed by atoms with Gasteiger partial charge in [0.05, 0.1) is 37.0 Å². The number of anilines is 4. The fourth-order valence-electron chi connectivity index (χ4n) is 6.35. The largest absolute Gasteiger partial charge is 0.476 e. The number of carbonyl (C=O) groups is 4. The smallest absolute Gasteiger partial charge is 0.358 e. The van der Waals surface area contributed by atoms with Gasteiger partial charge in [0.15, 0.2) is 51.8 Å². The molecule has 25 nitrogen and oxygen atoms in total. The molecule has 0 unspecified atom stereocenters. The number of carbonyl (C=O) groups excluding carboxylic acids is 3. The molecule has 10 aromatic rings. The Morgan fingerprint density at radius 1 is 0.506 bits per heavy atom. The van der Waals surface area contributed by atoms with E-state index >= 15 is 0 Å². The Bertz CT molecular complexity index is 3750. The monoisotopic (exact) mass is 1250 g/mol. The molecule has 79 heavy (non-hydrogen) atoms. The number of halogens is 3. The highest BCUT2D eigenvalue weighted by Gasteiger charge is 2.19. The number of hydrogen-bond acceptors (Lipinski definition) is 22. The van der Waals surface area contributed by atoms with E-state index in [1.807, 2.05) is 78.9 Å². The highest BCUT2D eigenvalue weighted by atomic mass is 79.9. The van der Waals surface area contributed by atoms with Crippen molar-refractivity contribution in [2.45, 2.75) is 0 Å². The zero-order chi connectivity index (χ0) is 56.6. The summed E-state index contributed by atoms with van der Waals surface area (Å²) in [5, 5.41) is 27.0. The lowest BCUT2D eigenvalue weighted by molar-refractivity contribution is 0.0690. The molecule has 2 amide bonds. The minimum absolute atomic E-state index is 0.0119. The van der Waals surface area contributed by atoms with E-state index in [9.17, 15) is 19.2 Å². The van der Waals surface area contributed by atoms with Gasteiger partial charge in [0.25, 0.3) is 23.6 Å². The van der Waals surface area contributed by atoms with Crippen LogP contribution in [0.1, 0.15) is 41.7 Å². The molecule has 28 heteroatoms. The minimum atomic E-state index is -1.18. The fourth-order valence-corrected chi connectivity index (χ4v) is 7.19. The molecule has 0 aliphatic rings. The maximum absolute atomic E-state index is 12.0. The number of nitrogens with one attached hydrogen (secondary N) is 1. The first kappa shape index (κ1) is 56.9. The number of nitrogens with zero attached hydrogens (tertiary/aromatic N) is 13. The molecule has 6 aromatic heterocycles. The molecular weight excluding hydrogens is 1220 g/mol. The standard InChI is InChI=1S/C21H18N6O2.C13H11BrN4O2.C12H8BrN5O.C5H4BrN3O2/c1-27(2)21(28)15-10-8-13(9-11-15)16-12-23-18(22)17(24-16)20-26-25-19(29-20)14-6-4-3-5-7-14;14-10-7-16-12(15)11(18-10)13(20)17-6-9(19)8-4-2-1-3-5-8;13-8-6-15-10(14)9(16-8)12-18-17-11(19-12)7-4-2-1-3-5-7;6-2-1-8-4(7)3(9-2)5(10)11/h3-12H,1-2H3,(H2,22,23);1-5,7H,6H2,(H2,15,16)(H,17,20);1-6H,(H2,14,15);1H,(H2,7,8)(H,10,11). The zero-order valence-corrected chi connectivity index (χ0v) is 45.9. The first-order chi connectivity index (χ1) is 37.9. The first-order valence-electron chi connectivity index (χ1n) is 22.6. The first-order valence-corrected chi connectivity index (χ1v) is 25.0. The molecule has 0 fully saturated rings. The quantitative estimate of drug-likeness (QED) is 0.0677. The second kappa shape index (κ2) is 26.8. The molecule has 0 atom stereocenters. The van der Waals surface area contributed by atoms with Crippen molar-refractivity contribution in [1.82, 2.24) is 70.5 Å². The predicted octanol–water partition coefficient (Wildman–Crippen LogP) is 7.64.